The van der Waals surface area contributed by atoms with Gasteiger partial charge in [-0.3, -0.25) is 0 Å². The Balaban J connectivity index is 1.55. The summed E-state index contributed by atoms with van der Waals surface area (Å²) in [5.41, 5.74) is 1.62. The van der Waals surface area contributed by atoms with Crippen LogP contribution in [0.25, 0.3) is 0 Å². The lowest BCUT2D eigenvalue weighted by atomic mass is 9.57. The van der Waals surface area contributed by atoms with E-state index in [1.807, 2.05) is 70.2 Å². The van der Waals surface area contributed by atoms with E-state index in [4.69, 9.17) is 4.74 Å². The molecular formula is C40H58O5. The molecule has 0 aromatic carbocycles. The van der Waals surface area contributed by atoms with E-state index < -0.39 is 28.3 Å². The van der Waals surface area contributed by atoms with E-state index in [1.165, 1.54) is 5.57 Å². The third-order valence-corrected chi connectivity index (χ3v) is 9.91. The quantitative estimate of drug-likeness (QED) is 0.156. The number of hydrogen-bond donors (Lipinski definition) is 4. The Labute approximate surface area is 272 Å². The first-order valence-corrected chi connectivity index (χ1v) is 16.3. The fraction of sp³-hybridized carbons (Fsp3) is 0.550. The number of allylic oxidation sites excluding steroid dienone is 14. The number of aliphatic hydroxyl groups is 4. The first kappa shape index (κ1) is 36.9. The maximum atomic E-state index is 11.4. The van der Waals surface area contributed by atoms with Crippen LogP contribution >= 0.6 is 0 Å². The molecule has 0 bridgehead atoms. The van der Waals surface area contributed by atoms with Gasteiger partial charge in [-0.05, 0) is 83.1 Å². The van der Waals surface area contributed by atoms with E-state index in [-0.39, 0.29) is 24.0 Å². The molecule has 0 spiro atoms. The van der Waals surface area contributed by atoms with Crippen molar-refractivity contribution in [1.29, 1.82) is 0 Å². The van der Waals surface area contributed by atoms with Crippen LogP contribution in [0.3, 0.4) is 0 Å². The maximum absolute atomic E-state index is 11.4. The highest BCUT2D eigenvalue weighted by Gasteiger charge is 2.58. The minimum atomic E-state index is -1.45. The van der Waals surface area contributed by atoms with Crippen LogP contribution in [0.1, 0.15) is 94.9 Å². The highest BCUT2D eigenvalue weighted by Crippen LogP contribution is 2.52. The lowest BCUT2D eigenvalue weighted by Crippen LogP contribution is -2.65. The molecule has 2 aliphatic carbocycles. The van der Waals surface area contributed by atoms with E-state index in [1.54, 1.807) is 13.0 Å². The standard InChI is InChI=1S/C40H58O5/c1-28(17-13-18-30(3)21-22-40(44)37(7,8)25-33(42)27-39(40,10)43)15-11-12-16-29(2)19-14-20-31(4)34-23-35-36(5,6)24-32(41)26-38(35,9)45-34/h11-23,32-34,41-44H,24-27H2,1-10H3/b12-11+,17-13?,19-14+,22-21?,28-15?,29-16+,30-18?,31-20+. The average Bonchev–Trinajstić information content (AvgIpc) is 3.26. The molecule has 3 rings (SSSR count). The van der Waals surface area contributed by atoms with Crippen LogP contribution in [0.4, 0.5) is 0 Å². The SMILES string of the molecule is CC(C=CC1(O)C(C)(C)CC(O)CC1(C)O)=CC=CC(C)=C/C=C/C=C(C)/C=C/C=C(\C)C1C=C2C(C)(C)CC(O)CC2(C)O1. The van der Waals surface area contributed by atoms with Crippen LogP contribution in [0.2, 0.25) is 0 Å². The monoisotopic (exact) mass is 618 g/mol. The van der Waals surface area contributed by atoms with Crippen LogP contribution in [0, 0.1) is 10.8 Å². The predicted molar refractivity (Wildman–Crippen MR) is 187 cm³/mol. The molecule has 6 unspecified atom stereocenters. The number of hydrogen-bond acceptors (Lipinski definition) is 5. The summed E-state index contributed by atoms with van der Waals surface area (Å²) in [5, 5.41) is 42.9. The third kappa shape index (κ3) is 8.84. The van der Waals surface area contributed by atoms with E-state index >= 15 is 0 Å². The Kier molecular flexibility index (Phi) is 11.5. The van der Waals surface area contributed by atoms with E-state index in [9.17, 15) is 20.4 Å². The summed E-state index contributed by atoms with van der Waals surface area (Å²) < 4.78 is 6.45. The first-order valence-electron chi connectivity index (χ1n) is 16.3. The summed E-state index contributed by atoms with van der Waals surface area (Å²) in [6.07, 6.45) is 27.1. The number of rotatable bonds is 9. The van der Waals surface area contributed by atoms with Crippen LogP contribution < -0.4 is 0 Å². The second-order valence-corrected chi connectivity index (χ2v) is 15.4. The average molecular weight is 619 g/mol. The largest absolute Gasteiger partial charge is 0.393 e. The van der Waals surface area contributed by atoms with Crippen LogP contribution in [0.15, 0.2) is 107 Å². The van der Waals surface area contributed by atoms with Crippen molar-refractivity contribution < 1.29 is 25.2 Å². The van der Waals surface area contributed by atoms with Crippen molar-refractivity contribution in [2.24, 2.45) is 10.8 Å². The van der Waals surface area contributed by atoms with Gasteiger partial charge >= 0.3 is 0 Å². The Morgan fingerprint density at radius 2 is 1.20 bits per heavy atom. The molecule has 4 N–H and O–H groups in total. The van der Waals surface area contributed by atoms with Gasteiger partial charge in [-0.25, -0.2) is 0 Å². The molecule has 5 nitrogen and oxygen atoms in total. The summed E-state index contributed by atoms with van der Waals surface area (Å²) in [7, 11) is 0. The molecule has 0 saturated heterocycles. The van der Waals surface area contributed by atoms with Crippen molar-refractivity contribution in [1.82, 2.24) is 0 Å². The maximum Gasteiger partial charge on any atom is 0.117 e. The predicted octanol–water partition coefficient (Wildman–Crippen LogP) is 7.92. The molecular weight excluding hydrogens is 560 g/mol. The van der Waals surface area contributed by atoms with Crippen molar-refractivity contribution in [3.8, 4) is 0 Å². The fourth-order valence-electron chi connectivity index (χ4n) is 7.45. The molecule has 0 aromatic heterocycles. The van der Waals surface area contributed by atoms with E-state index in [0.717, 1.165) is 28.7 Å². The molecule has 248 valence electrons. The van der Waals surface area contributed by atoms with Crippen molar-refractivity contribution in [2.75, 3.05) is 0 Å². The van der Waals surface area contributed by atoms with Gasteiger partial charge in [-0.1, -0.05) is 111 Å². The summed E-state index contributed by atoms with van der Waals surface area (Å²) >= 11 is 0. The zero-order valence-corrected chi connectivity index (χ0v) is 29.3. The molecule has 2 saturated carbocycles. The summed E-state index contributed by atoms with van der Waals surface area (Å²) in [6, 6.07) is 0. The van der Waals surface area contributed by atoms with E-state index in [0.29, 0.717) is 12.8 Å². The lowest BCUT2D eigenvalue weighted by Gasteiger charge is -2.54. The summed E-state index contributed by atoms with van der Waals surface area (Å²) in [4.78, 5) is 0. The van der Waals surface area contributed by atoms with E-state index in [2.05, 4.69) is 65.0 Å². The Morgan fingerprint density at radius 1 is 0.689 bits per heavy atom. The van der Waals surface area contributed by atoms with Gasteiger partial charge in [0.1, 0.15) is 5.60 Å². The molecule has 5 heteroatoms. The first-order chi connectivity index (χ1) is 20.7. The van der Waals surface area contributed by atoms with Crippen LogP contribution in [-0.4, -0.2) is 55.5 Å². The molecule has 2 fully saturated rings. The second-order valence-electron chi connectivity index (χ2n) is 15.4. The number of aliphatic hydroxyl groups excluding tert-OH is 2. The van der Waals surface area contributed by atoms with Crippen molar-refractivity contribution in [3.63, 3.8) is 0 Å². The van der Waals surface area contributed by atoms with Gasteiger partial charge < -0.3 is 25.2 Å². The van der Waals surface area contributed by atoms with Gasteiger partial charge in [0, 0.05) is 18.3 Å². The smallest absolute Gasteiger partial charge is 0.117 e. The molecule has 45 heavy (non-hydrogen) atoms. The summed E-state index contributed by atoms with van der Waals surface area (Å²) in [5.74, 6) is 0. The van der Waals surface area contributed by atoms with Gasteiger partial charge in [0.05, 0.1) is 29.5 Å². The zero-order valence-electron chi connectivity index (χ0n) is 29.3. The Hall–Kier alpha value is -2.54. The normalized spacial score (nSPS) is 36.5. The van der Waals surface area contributed by atoms with Crippen LogP contribution in [0.5, 0.6) is 0 Å². The zero-order chi connectivity index (χ0) is 33.8. The fourth-order valence-corrected chi connectivity index (χ4v) is 7.45. The molecule has 0 amide bonds. The van der Waals surface area contributed by atoms with Gasteiger partial charge in [-0.2, -0.15) is 0 Å². The topological polar surface area (TPSA) is 90.2 Å². The molecule has 1 aliphatic heterocycles. The van der Waals surface area contributed by atoms with Crippen molar-refractivity contribution >= 4 is 0 Å². The lowest BCUT2D eigenvalue weighted by molar-refractivity contribution is -0.216. The number of ether oxygens (including phenoxy) is 1. The second kappa shape index (κ2) is 14.1. The highest BCUT2D eigenvalue weighted by atomic mass is 16.5. The molecule has 6 atom stereocenters. The summed E-state index contributed by atoms with van der Waals surface area (Å²) in [6.45, 7) is 20.0. The van der Waals surface area contributed by atoms with Gasteiger partial charge in [0.15, 0.2) is 0 Å². The van der Waals surface area contributed by atoms with Crippen molar-refractivity contribution in [2.45, 2.75) is 130 Å². The van der Waals surface area contributed by atoms with Gasteiger partial charge in [0.2, 0.25) is 0 Å². The minimum Gasteiger partial charge on any atom is -0.393 e. The van der Waals surface area contributed by atoms with Gasteiger partial charge in [0.25, 0.3) is 0 Å². The Bertz CT molecular complexity index is 1340. The highest BCUT2D eigenvalue weighted by molar-refractivity contribution is 5.37. The Morgan fingerprint density at radius 3 is 1.78 bits per heavy atom. The van der Waals surface area contributed by atoms with Gasteiger partial charge in [-0.15, -0.1) is 0 Å². The molecule has 0 aromatic rings. The molecule has 3 aliphatic rings. The minimum absolute atomic E-state index is 0.0642. The third-order valence-electron chi connectivity index (χ3n) is 9.91. The molecule has 0 radical (unpaired) electrons. The van der Waals surface area contributed by atoms with Crippen LogP contribution in [-0.2, 0) is 4.74 Å². The van der Waals surface area contributed by atoms with Crippen molar-refractivity contribution in [3.05, 3.63) is 107 Å². The molecule has 1 heterocycles. The number of fused-ring (bicyclic) bond motifs is 1.